The van der Waals surface area contributed by atoms with E-state index >= 15 is 0 Å². The zero-order valence-corrected chi connectivity index (χ0v) is 9.62. The minimum Gasteiger partial charge on any atom is -0.350 e. The van der Waals surface area contributed by atoms with Gasteiger partial charge in [0.1, 0.15) is 5.82 Å². The van der Waals surface area contributed by atoms with E-state index in [1.807, 2.05) is 0 Å². The van der Waals surface area contributed by atoms with E-state index in [9.17, 15) is 4.39 Å². The van der Waals surface area contributed by atoms with Crippen molar-refractivity contribution in [3.8, 4) is 0 Å². The van der Waals surface area contributed by atoms with Crippen LogP contribution >= 0.6 is 0 Å². The van der Waals surface area contributed by atoms with Crippen molar-refractivity contribution in [3.63, 3.8) is 0 Å². The molecule has 2 rings (SSSR count). The van der Waals surface area contributed by atoms with Crippen LogP contribution in [0.15, 0.2) is 30.8 Å². The van der Waals surface area contributed by atoms with Gasteiger partial charge in [-0.25, -0.2) is 9.23 Å². The van der Waals surface area contributed by atoms with Crippen molar-refractivity contribution >= 4 is 5.70 Å². The van der Waals surface area contributed by atoms with Gasteiger partial charge in [-0.15, -0.1) is 0 Å². The topological polar surface area (TPSA) is 30.5 Å². The van der Waals surface area contributed by atoms with Crippen LogP contribution in [0.3, 0.4) is 0 Å². The van der Waals surface area contributed by atoms with Gasteiger partial charge in [-0.2, -0.15) is 0 Å². The van der Waals surface area contributed by atoms with Crippen molar-refractivity contribution in [3.05, 3.63) is 42.2 Å². The molecule has 0 amide bonds. The maximum absolute atomic E-state index is 13.4. The van der Waals surface area contributed by atoms with Gasteiger partial charge < -0.3 is 4.74 Å². The first-order valence-electron chi connectivity index (χ1n) is 5.74. The third kappa shape index (κ3) is 3.28. The van der Waals surface area contributed by atoms with Crippen molar-refractivity contribution in [1.29, 1.82) is 0 Å². The predicted molar refractivity (Wildman–Crippen MR) is 63.2 cm³/mol. The monoisotopic (exact) mass is 237 g/mol. The van der Waals surface area contributed by atoms with Crippen LogP contribution in [0.1, 0.15) is 24.8 Å². The molecule has 1 saturated heterocycles. The Morgan fingerprint density at radius 3 is 2.94 bits per heavy atom. The molecular formula is C13H16FNO2. The molecule has 1 heterocycles. The normalized spacial score (nSPS) is 19.9. The zero-order valence-electron chi connectivity index (χ0n) is 9.62. The van der Waals surface area contributed by atoms with Crippen LogP contribution in [0.5, 0.6) is 0 Å². The van der Waals surface area contributed by atoms with Gasteiger partial charge >= 0.3 is 0 Å². The van der Waals surface area contributed by atoms with Crippen LogP contribution in [0.25, 0.3) is 5.70 Å². The molecule has 1 aliphatic rings. The van der Waals surface area contributed by atoms with Gasteiger partial charge in [0.15, 0.2) is 6.29 Å². The van der Waals surface area contributed by atoms with Crippen molar-refractivity contribution in [2.75, 3.05) is 6.61 Å². The molecule has 1 fully saturated rings. The summed E-state index contributed by atoms with van der Waals surface area (Å²) in [6.07, 6.45) is 2.72. The second-order valence-corrected chi connectivity index (χ2v) is 3.97. The van der Waals surface area contributed by atoms with Gasteiger partial charge in [-0.1, -0.05) is 18.7 Å². The van der Waals surface area contributed by atoms with E-state index in [2.05, 4.69) is 12.1 Å². The van der Waals surface area contributed by atoms with Crippen LogP contribution in [0.2, 0.25) is 0 Å². The Labute approximate surface area is 100 Å². The summed E-state index contributed by atoms with van der Waals surface area (Å²) in [5.74, 6) is -0.321. The first-order chi connectivity index (χ1) is 8.27. The maximum Gasteiger partial charge on any atom is 0.183 e. The number of ether oxygens (including phenoxy) is 1. The van der Waals surface area contributed by atoms with Gasteiger partial charge in [-0.3, -0.25) is 5.48 Å². The third-order valence-electron chi connectivity index (χ3n) is 2.65. The van der Waals surface area contributed by atoms with Gasteiger partial charge in [-0.05, 0) is 25.0 Å². The lowest BCUT2D eigenvalue weighted by Gasteiger charge is -2.23. The third-order valence-corrected chi connectivity index (χ3v) is 2.65. The van der Waals surface area contributed by atoms with E-state index in [0.29, 0.717) is 17.9 Å². The molecule has 0 bridgehead atoms. The van der Waals surface area contributed by atoms with E-state index in [1.165, 1.54) is 6.07 Å². The molecule has 0 radical (unpaired) electrons. The lowest BCUT2D eigenvalue weighted by Crippen LogP contribution is -2.28. The fourth-order valence-electron chi connectivity index (χ4n) is 1.70. The fourth-order valence-corrected chi connectivity index (χ4v) is 1.70. The van der Waals surface area contributed by atoms with E-state index in [1.54, 1.807) is 18.2 Å². The number of nitrogens with one attached hydrogen (secondary N) is 1. The molecule has 0 aromatic heterocycles. The van der Waals surface area contributed by atoms with Crippen LogP contribution in [-0.4, -0.2) is 12.9 Å². The molecule has 1 aromatic carbocycles. The summed E-state index contributed by atoms with van der Waals surface area (Å²) < 4.78 is 18.8. The Bertz CT molecular complexity index is 389. The first kappa shape index (κ1) is 12.1. The SMILES string of the molecule is C=C(NOC1CCCCO1)c1ccccc1F. The average molecular weight is 237 g/mol. The van der Waals surface area contributed by atoms with Gasteiger partial charge in [0.2, 0.25) is 0 Å². The van der Waals surface area contributed by atoms with E-state index in [-0.39, 0.29) is 12.1 Å². The summed E-state index contributed by atoms with van der Waals surface area (Å²) in [5, 5.41) is 0. The maximum atomic E-state index is 13.4. The molecule has 0 aliphatic carbocycles. The number of halogens is 1. The molecule has 92 valence electrons. The Morgan fingerprint density at radius 2 is 2.24 bits per heavy atom. The zero-order chi connectivity index (χ0) is 12.1. The highest BCUT2D eigenvalue weighted by Crippen LogP contribution is 2.16. The summed E-state index contributed by atoms with van der Waals surface area (Å²) in [7, 11) is 0. The molecule has 1 atom stereocenters. The van der Waals surface area contributed by atoms with Crippen molar-refractivity contribution < 1.29 is 14.0 Å². The summed E-state index contributed by atoms with van der Waals surface area (Å²) in [4.78, 5) is 5.32. The Balaban J connectivity index is 1.87. The molecular weight excluding hydrogens is 221 g/mol. The minimum atomic E-state index is -0.321. The molecule has 17 heavy (non-hydrogen) atoms. The number of rotatable bonds is 4. The predicted octanol–water partition coefficient (Wildman–Crippen LogP) is 2.84. The number of hydroxylamine groups is 1. The highest BCUT2D eigenvalue weighted by Gasteiger charge is 2.15. The average Bonchev–Trinajstić information content (AvgIpc) is 2.38. The molecule has 1 aromatic rings. The number of hydrogen-bond acceptors (Lipinski definition) is 3. The lowest BCUT2D eigenvalue weighted by molar-refractivity contribution is -0.184. The largest absolute Gasteiger partial charge is 0.350 e. The Kier molecular flexibility index (Phi) is 4.12. The minimum absolute atomic E-state index is 0.271. The van der Waals surface area contributed by atoms with Crippen LogP contribution in [0, 0.1) is 5.82 Å². The molecule has 1 N–H and O–H groups in total. The van der Waals surface area contributed by atoms with Crippen molar-refractivity contribution in [2.24, 2.45) is 0 Å². The van der Waals surface area contributed by atoms with Gasteiger partial charge in [0, 0.05) is 18.6 Å². The van der Waals surface area contributed by atoms with Crippen LogP contribution < -0.4 is 5.48 Å². The van der Waals surface area contributed by atoms with Crippen molar-refractivity contribution in [2.45, 2.75) is 25.6 Å². The second kappa shape index (κ2) is 5.80. The fraction of sp³-hybridized carbons (Fsp3) is 0.385. The summed E-state index contributed by atoms with van der Waals surface area (Å²) in [5.41, 5.74) is 3.46. The van der Waals surface area contributed by atoms with E-state index in [4.69, 9.17) is 9.57 Å². The van der Waals surface area contributed by atoms with Gasteiger partial charge in [0.25, 0.3) is 0 Å². The van der Waals surface area contributed by atoms with Gasteiger partial charge in [0.05, 0.1) is 5.70 Å². The van der Waals surface area contributed by atoms with Crippen molar-refractivity contribution in [1.82, 2.24) is 5.48 Å². The first-order valence-corrected chi connectivity index (χ1v) is 5.74. The Hall–Kier alpha value is -1.39. The smallest absolute Gasteiger partial charge is 0.183 e. The van der Waals surface area contributed by atoms with Crippen LogP contribution in [-0.2, 0) is 9.57 Å². The van der Waals surface area contributed by atoms with E-state index < -0.39 is 0 Å². The summed E-state index contributed by atoms with van der Waals surface area (Å²) >= 11 is 0. The van der Waals surface area contributed by atoms with E-state index in [0.717, 1.165) is 19.3 Å². The molecule has 3 nitrogen and oxygen atoms in total. The highest BCUT2D eigenvalue weighted by molar-refractivity contribution is 5.61. The molecule has 0 spiro atoms. The van der Waals surface area contributed by atoms with Crippen LogP contribution in [0.4, 0.5) is 4.39 Å². The molecule has 0 saturated carbocycles. The molecule has 4 heteroatoms. The summed E-state index contributed by atoms with van der Waals surface area (Å²) in [6, 6.07) is 6.43. The number of benzene rings is 1. The summed E-state index contributed by atoms with van der Waals surface area (Å²) in [6.45, 7) is 4.45. The standard InChI is InChI=1S/C13H16FNO2/c1-10(11-6-2-3-7-12(11)14)15-17-13-8-4-5-9-16-13/h2-3,6-7,13,15H,1,4-5,8-9H2. The molecule has 1 unspecified atom stereocenters. The quantitative estimate of drug-likeness (QED) is 0.817. The highest BCUT2D eigenvalue weighted by atomic mass is 19.1. The lowest BCUT2D eigenvalue weighted by atomic mass is 10.2. The second-order valence-electron chi connectivity index (χ2n) is 3.97. The molecule has 1 aliphatic heterocycles. The number of hydrogen-bond donors (Lipinski definition) is 1. The Morgan fingerprint density at radius 1 is 1.41 bits per heavy atom.